The second kappa shape index (κ2) is 12.0. The number of aryl methyl sites for hydroxylation is 1. The van der Waals surface area contributed by atoms with Gasteiger partial charge in [-0.25, -0.2) is 0 Å². The molecular weight excluding hydrogens is 443 g/mol. The molecule has 0 saturated carbocycles. The van der Waals surface area contributed by atoms with Crippen LogP contribution < -0.4 is 15.4 Å². The van der Waals surface area contributed by atoms with E-state index in [2.05, 4.69) is 22.5 Å². The molecule has 0 aromatic heterocycles. The fourth-order valence-electron chi connectivity index (χ4n) is 2.21. The van der Waals surface area contributed by atoms with Crippen molar-refractivity contribution >= 4 is 35.8 Å². The number of amides is 1. The molecule has 1 aromatic carbocycles. The molecule has 0 saturated heterocycles. The number of carbonyl (C=O) groups excluding carboxylic acids is 1. The fraction of sp³-hybridized carbons (Fsp3) is 0.579. The Bertz CT molecular complexity index is 573. The van der Waals surface area contributed by atoms with Crippen LogP contribution in [0.25, 0.3) is 0 Å². The largest absolute Gasteiger partial charge is 0.492 e. The summed E-state index contributed by atoms with van der Waals surface area (Å²) in [6.45, 7) is 10.2. The molecule has 0 aliphatic heterocycles. The Balaban J connectivity index is 0.00000625. The van der Waals surface area contributed by atoms with Crippen LogP contribution in [0.2, 0.25) is 0 Å². The summed E-state index contributed by atoms with van der Waals surface area (Å²) in [6.07, 6.45) is 0. The monoisotopic (exact) mass is 476 g/mol. The molecule has 6 nitrogen and oxygen atoms in total. The van der Waals surface area contributed by atoms with Crippen LogP contribution in [0.15, 0.2) is 29.3 Å². The van der Waals surface area contributed by atoms with Gasteiger partial charge in [0, 0.05) is 27.2 Å². The van der Waals surface area contributed by atoms with E-state index in [0.717, 1.165) is 11.7 Å². The van der Waals surface area contributed by atoms with E-state index in [0.29, 0.717) is 26.2 Å². The van der Waals surface area contributed by atoms with E-state index in [9.17, 15) is 4.79 Å². The quantitative estimate of drug-likeness (QED) is 0.344. The Kier molecular flexibility index (Phi) is 11.3. The number of rotatable bonds is 8. The Morgan fingerprint density at radius 3 is 2.38 bits per heavy atom. The van der Waals surface area contributed by atoms with Crippen LogP contribution in [-0.4, -0.2) is 57.1 Å². The maximum atomic E-state index is 12.1. The van der Waals surface area contributed by atoms with Crippen molar-refractivity contribution in [2.24, 2.45) is 10.4 Å². The van der Waals surface area contributed by atoms with Gasteiger partial charge in [-0.3, -0.25) is 9.79 Å². The van der Waals surface area contributed by atoms with Crippen LogP contribution in [0.1, 0.15) is 26.3 Å². The molecule has 7 heteroatoms. The fourth-order valence-corrected chi connectivity index (χ4v) is 2.21. The Morgan fingerprint density at radius 2 is 1.85 bits per heavy atom. The van der Waals surface area contributed by atoms with Gasteiger partial charge in [-0.15, -0.1) is 24.0 Å². The molecule has 0 fully saturated rings. The summed E-state index contributed by atoms with van der Waals surface area (Å²) in [5.74, 6) is 1.63. The first kappa shape index (κ1) is 24.5. The Morgan fingerprint density at radius 1 is 1.23 bits per heavy atom. The number of nitrogens with one attached hydrogen (secondary N) is 2. The molecule has 26 heavy (non-hydrogen) atoms. The van der Waals surface area contributed by atoms with Gasteiger partial charge < -0.3 is 20.3 Å². The lowest BCUT2D eigenvalue weighted by atomic mass is 9.92. The van der Waals surface area contributed by atoms with Gasteiger partial charge in [0.25, 0.3) is 0 Å². The highest BCUT2D eigenvalue weighted by molar-refractivity contribution is 14.0. The predicted molar refractivity (Wildman–Crippen MR) is 119 cm³/mol. The van der Waals surface area contributed by atoms with Crippen LogP contribution in [0, 0.1) is 12.3 Å². The number of ether oxygens (including phenoxy) is 1. The number of guanidine groups is 1. The average Bonchev–Trinajstić information content (AvgIpc) is 2.57. The molecule has 1 aromatic rings. The summed E-state index contributed by atoms with van der Waals surface area (Å²) >= 11 is 0. The van der Waals surface area contributed by atoms with Crippen molar-refractivity contribution in [3.05, 3.63) is 29.8 Å². The van der Waals surface area contributed by atoms with E-state index in [-0.39, 0.29) is 29.9 Å². The van der Waals surface area contributed by atoms with Crippen LogP contribution in [0.5, 0.6) is 5.75 Å². The molecule has 1 amide bonds. The topological polar surface area (TPSA) is 66.0 Å². The van der Waals surface area contributed by atoms with Crippen LogP contribution in [0.3, 0.4) is 0 Å². The highest BCUT2D eigenvalue weighted by Crippen LogP contribution is 2.14. The zero-order valence-corrected chi connectivity index (χ0v) is 19.1. The van der Waals surface area contributed by atoms with Crippen LogP contribution in [0.4, 0.5) is 0 Å². The smallest absolute Gasteiger partial charge is 0.227 e. The van der Waals surface area contributed by atoms with E-state index in [4.69, 9.17) is 4.74 Å². The highest BCUT2D eigenvalue weighted by atomic mass is 127. The molecule has 0 unspecified atom stereocenters. The van der Waals surface area contributed by atoms with Gasteiger partial charge in [0.15, 0.2) is 5.96 Å². The second-order valence-corrected chi connectivity index (χ2v) is 6.73. The first-order valence-corrected chi connectivity index (χ1v) is 8.69. The number of aliphatic imine (C=N–C) groups is 1. The van der Waals surface area contributed by atoms with Gasteiger partial charge in [-0.05, 0) is 39.8 Å². The van der Waals surface area contributed by atoms with Crippen molar-refractivity contribution in [1.29, 1.82) is 0 Å². The third kappa shape index (κ3) is 8.25. The van der Waals surface area contributed by atoms with Crippen molar-refractivity contribution in [1.82, 2.24) is 15.5 Å². The second-order valence-electron chi connectivity index (χ2n) is 6.73. The SMILES string of the molecule is CCNC(=O)C(C)(C)CNC(=NC)N(C)CCOc1ccc(C)cc1.I. The standard InChI is InChI=1S/C19H32N4O2.HI/c1-7-21-17(24)19(3,4)14-22-18(20-5)23(6)12-13-25-16-10-8-15(2)9-11-16;/h8-11H,7,12-14H2,1-6H3,(H,20,22)(H,21,24);1H. The number of nitrogens with zero attached hydrogens (tertiary/aromatic N) is 2. The van der Waals surface area contributed by atoms with Crippen molar-refractivity contribution in [3.63, 3.8) is 0 Å². The average molecular weight is 476 g/mol. The zero-order valence-electron chi connectivity index (χ0n) is 16.8. The maximum absolute atomic E-state index is 12.1. The normalized spacial score (nSPS) is 11.4. The summed E-state index contributed by atoms with van der Waals surface area (Å²) in [5.41, 5.74) is 0.703. The van der Waals surface area contributed by atoms with E-state index >= 15 is 0 Å². The van der Waals surface area contributed by atoms with Gasteiger partial charge in [0.2, 0.25) is 5.91 Å². The summed E-state index contributed by atoms with van der Waals surface area (Å²) < 4.78 is 5.75. The van der Waals surface area contributed by atoms with Crippen molar-refractivity contribution < 1.29 is 9.53 Å². The number of hydrogen-bond acceptors (Lipinski definition) is 3. The zero-order chi connectivity index (χ0) is 18.9. The van der Waals surface area contributed by atoms with E-state index < -0.39 is 5.41 Å². The molecule has 1 rings (SSSR count). The van der Waals surface area contributed by atoms with Crippen molar-refractivity contribution in [3.8, 4) is 5.75 Å². The Labute approximate surface area is 174 Å². The van der Waals surface area contributed by atoms with Crippen LogP contribution >= 0.6 is 24.0 Å². The van der Waals surface area contributed by atoms with Crippen LogP contribution in [-0.2, 0) is 4.79 Å². The van der Waals surface area contributed by atoms with Gasteiger partial charge in [0.05, 0.1) is 12.0 Å². The third-order valence-corrected chi connectivity index (χ3v) is 3.93. The molecule has 0 bridgehead atoms. The summed E-state index contributed by atoms with van der Waals surface area (Å²) in [7, 11) is 3.69. The molecule has 0 aliphatic carbocycles. The molecular formula is C19H33IN4O2. The third-order valence-electron chi connectivity index (χ3n) is 3.93. The molecule has 0 spiro atoms. The number of likely N-dealkylation sites (N-methyl/N-ethyl adjacent to an activating group) is 1. The number of benzene rings is 1. The highest BCUT2D eigenvalue weighted by Gasteiger charge is 2.27. The molecule has 148 valence electrons. The molecule has 0 radical (unpaired) electrons. The van der Waals surface area contributed by atoms with Crippen molar-refractivity contribution in [2.45, 2.75) is 27.7 Å². The lowest BCUT2D eigenvalue weighted by Crippen LogP contribution is -2.48. The molecule has 0 aliphatic rings. The summed E-state index contributed by atoms with van der Waals surface area (Å²) in [4.78, 5) is 18.3. The van der Waals surface area contributed by atoms with Gasteiger partial charge in [0.1, 0.15) is 12.4 Å². The van der Waals surface area contributed by atoms with E-state index in [1.165, 1.54) is 5.56 Å². The van der Waals surface area contributed by atoms with Gasteiger partial charge in [-0.2, -0.15) is 0 Å². The van der Waals surface area contributed by atoms with E-state index in [1.54, 1.807) is 7.05 Å². The molecule has 2 N–H and O–H groups in total. The van der Waals surface area contributed by atoms with Gasteiger partial charge >= 0.3 is 0 Å². The number of halogens is 1. The number of carbonyl (C=O) groups is 1. The minimum atomic E-state index is -0.509. The minimum Gasteiger partial charge on any atom is -0.492 e. The molecule has 0 heterocycles. The lowest BCUT2D eigenvalue weighted by Gasteiger charge is -2.28. The summed E-state index contributed by atoms with van der Waals surface area (Å²) in [6, 6.07) is 8.00. The first-order valence-electron chi connectivity index (χ1n) is 8.69. The predicted octanol–water partition coefficient (Wildman–Crippen LogP) is 2.66. The minimum absolute atomic E-state index is 0. The first-order chi connectivity index (χ1) is 11.8. The summed E-state index contributed by atoms with van der Waals surface area (Å²) in [5, 5.41) is 6.13. The lowest BCUT2D eigenvalue weighted by molar-refractivity contribution is -0.128. The molecule has 0 atom stereocenters. The Hall–Kier alpha value is -1.51. The van der Waals surface area contributed by atoms with Crippen molar-refractivity contribution in [2.75, 3.05) is 40.3 Å². The van der Waals surface area contributed by atoms with Gasteiger partial charge in [-0.1, -0.05) is 17.7 Å². The number of hydrogen-bond donors (Lipinski definition) is 2. The maximum Gasteiger partial charge on any atom is 0.227 e. The van der Waals surface area contributed by atoms with E-state index in [1.807, 2.05) is 57.0 Å².